The van der Waals surface area contributed by atoms with Crippen LogP contribution in [-0.2, 0) is 9.53 Å². The Labute approximate surface area is 123 Å². The summed E-state index contributed by atoms with van der Waals surface area (Å²) in [6.45, 7) is 9.10. The molecule has 4 unspecified atom stereocenters. The van der Waals surface area contributed by atoms with Crippen LogP contribution in [0.4, 0.5) is 0 Å². The second-order valence-electron chi connectivity index (χ2n) is 6.67. The van der Waals surface area contributed by atoms with Crippen LogP contribution in [0.25, 0.3) is 0 Å². The highest BCUT2D eigenvalue weighted by molar-refractivity contribution is 5.84. The Kier molecular flexibility index (Phi) is 6.96. The summed E-state index contributed by atoms with van der Waals surface area (Å²) in [5.74, 6) is 0.458. The molecular weight excluding hydrogens is 252 g/mol. The minimum atomic E-state index is -0.671. The number of hydrogen-bond acceptors (Lipinski definition) is 3. The minimum Gasteiger partial charge on any atom is -0.375 e. The monoisotopic (exact) mass is 284 g/mol. The van der Waals surface area contributed by atoms with Crippen molar-refractivity contribution in [3.8, 4) is 0 Å². The molecule has 0 aromatic rings. The Morgan fingerprint density at radius 3 is 2.75 bits per heavy atom. The number of rotatable bonds is 8. The average molecular weight is 284 g/mol. The predicted octanol–water partition coefficient (Wildman–Crippen LogP) is 2.60. The summed E-state index contributed by atoms with van der Waals surface area (Å²) in [6.07, 6.45) is 6.85. The van der Waals surface area contributed by atoms with Gasteiger partial charge in [0.15, 0.2) is 0 Å². The lowest BCUT2D eigenvalue weighted by molar-refractivity contribution is -0.126. The van der Waals surface area contributed by atoms with Gasteiger partial charge < -0.3 is 15.8 Å². The quantitative estimate of drug-likeness (QED) is 0.720. The molecule has 1 amide bonds. The number of nitrogens with one attached hydrogen (secondary N) is 1. The lowest BCUT2D eigenvalue weighted by Gasteiger charge is -2.34. The van der Waals surface area contributed by atoms with Gasteiger partial charge in [-0.1, -0.05) is 26.7 Å². The number of hydrogen-bond donors (Lipinski definition) is 2. The van der Waals surface area contributed by atoms with Gasteiger partial charge in [0.2, 0.25) is 5.91 Å². The molecule has 0 heterocycles. The Hall–Kier alpha value is -0.610. The van der Waals surface area contributed by atoms with Crippen LogP contribution in [0.1, 0.15) is 66.2 Å². The largest absolute Gasteiger partial charge is 0.375 e. The van der Waals surface area contributed by atoms with Crippen LogP contribution in [0.15, 0.2) is 0 Å². The van der Waals surface area contributed by atoms with E-state index in [1.165, 1.54) is 12.8 Å². The third-order valence-corrected chi connectivity index (χ3v) is 4.32. The van der Waals surface area contributed by atoms with E-state index in [-0.39, 0.29) is 12.0 Å². The maximum Gasteiger partial charge on any atom is 0.237 e. The second kappa shape index (κ2) is 7.99. The molecule has 0 saturated heterocycles. The SMILES string of the molecule is CCCNC(C)(CC(C)OC1CCCC(C)C1)C(N)=O. The first-order chi connectivity index (χ1) is 9.37. The molecule has 0 radical (unpaired) electrons. The molecule has 4 atom stereocenters. The van der Waals surface area contributed by atoms with E-state index in [1.807, 2.05) is 13.8 Å². The maximum absolute atomic E-state index is 11.7. The van der Waals surface area contributed by atoms with Crippen molar-refractivity contribution in [2.45, 2.75) is 84.0 Å². The molecule has 1 aliphatic rings. The highest BCUT2D eigenvalue weighted by Gasteiger charge is 2.33. The number of carbonyl (C=O) groups is 1. The molecule has 1 aliphatic carbocycles. The van der Waals surface area contributed by atoms with E-state index < -0.39 is 5.54 Å². The van der Waals surface area contributed by atoms with Gasteiger partial charge in [-0.25, -0.2) is 0 Å². The van der Waals surface area contributed by atoms with Gasteiger partial charge in [0.1, 0.15) is 0 Å². The number of carbonyl (C=O) groups excluding carboxylic acids is 1. The second-order valence-corrected chi connectivity index (χ2v) is 6.67. The van der Waals surface area contributed by atoms with E-state index in [2.05, 4.69) is 19.2 Å². The molecule has 0 aliphatic heterocycles. The fourth-order valence-corrected chi connectivity index (χ4v) is 3.11. The molecule has 1 rings (SSSR count). The van der Waals surface area contributed by atoms with Crippen LogP contribution >= 0.6 is 0 Å². The number of ether oxygens (including phenoxy) is 1. The molecule has 118 valence electrons. The molecule has 4 nitrogen and oxygen atoms in total. The van der Waals surface area contributed by atoms with Crippen molar-refractivity contribution in [3.63, 3.8) is 0 Å². The van der Waals surface area contributed by atoms with E-state index in [1.54, 1.807) is 0 Å². The fraction of sp³-hybridized carbons (Fsp3) is 0.938. The maximum atomic E-state index is 11.7. The van der Waals surface area contributed by atoms with Crippen LogP contribution in [0.3, 0.4) is 0 Å². The zero-order chi connectivity index (χ0) is 15.2. The standard InChI is InChI=1S/C16H32N2O2/c1-5-9-18-16(4,15(17)19)11-13(3)20-14-8-6-7-12(2)10-14/h12-14,18H,5-11H2,1-4H3,(H2,17,19). The number of amides is 1. The van der Waals surface area contributed by atoms with Crippen molar-refractivity contribution in [1.29, 1.82) is 0 Å². The summed E-state index contributed by atoms with van der Waals surface area (Å²) >= 11 is 0. The summed E-state index contributed by atoms with van der Waals surface area (Å²) < 4.78 is 6.14. The first kappa shape index (κ1) is 17.4. The van der Waals surface area contributed by atoms with E-state index >= 15 is 0 Å². The molecule has 1 saturated carbocycles. The van der Waals surface area contributed by atoms with Gasteiger partial charge >= 0.3 is 0 Å². The normalized spacial score (nSPS) is 27.8. The van der Waals surface area contributed by atoms with Crippen LogP contribution in [0.2, 0.25) is 0 Å². The first-order valence-corrected chi connectivity index (χ1v) is 8.07. The molecule has 3 N–H and O–H groups in total. The predicted molar refractivity (Wildman–Crippen MR) is 82.5 cm³/mol. The van der Waals surface area contributed by atoms with E-state index in [9.17, 15) is 4.79 Å². The van der Waals surface area contributed by atoms with Gasteiger partial charge in [-0.05, 0) is 45.6 Å². The van der Waals surface area contributed by atoms with Crippen molar-refractivity contribution >= 4 is 5.91 Å². The van der Waals surface area contributed by atoms with Crippen molar-refractivity contribution in [3.05, 3.63) is 0 Å². The van der Waals surface area contributed by atoms with E-state index in [0.717, 1.165) is 31.7 Å². The molecule has 0 bridgehead atoms. The Bertz CT molecular complexity index is 309. The molecular formula is C16H32N2O2. The number of primary amides is 1. The van der Waals surface area contributed by atoms with Crippen LogP contribution < -0.4 is 11.1 Å². The van der Waals surface area contributed by atoms with E-state index in [0.29, 0.717) is 12.5 Å². The molecule has 1 fully saturated rings. The molecule has 0 aromatic heterocycles. The zero-order valence-electron chi connectivity index (χ0n) is 13.6. The van der Waals surface area contributed by atoms with Crippen LogP contribution in [-0.4, -0.2) is 30.2 Å². The molecule has 20 heavy (non-hydrogen) atoms. The lowest BCUT2D eigenvalue weighted by atomic mass is 9.88. The van der Waals surface area contributed by atoms with Gasteiger partial charge in [-0.2, -0.15) is 0 Å². The minimum absolute atomic E-state index is 0.0483. The Balaban J connectivity index is 2.48. The van der Waals surface area contributed by atoms with Crippen LogP contribution in [0.5, 0.6) is 0 Å². The summed E-state index contributed by atoms with van der Waals surface area (Å²) in [5, 5.41) is 3.27. The van der Waals surface area contributed by atoms with Crippen molar-refractivity contribution in [1.82, 2.24) is 5.32 Å². The smallest absolute Gasteiger partial charge is 0.237 e. The number of nitrogens with two attached hydrogens (primary N) is 1. The Morgan fingerprint density at radius 2 is 2.20 bits per heavy atom. The van der Waals surface area contributed by atoms with Crippen molar-refractivity contribution in [2.24, 2.45) is 11.7 Å². The summed E-state index contributed by atoms with van der Waals surface area (Å²) in [4.78, 5) is 11.7. The van der Waals surface area contributed by atoms with Crippen molar-refractivity contribution in [2.75, 3.05) is 6.54 Å². The third-order valence-electron chi connectivity index (χ3n) is 4.32. The zero-order valence-corrected chi connectivity index (χ0v) is 13.6. The first-order valence-electron chi connectivity index (χ1n) is 8.07. The Morgan fingerprint density at radius 1 is 1.50 bits per heavy atom. The molecule has 0 spiro atoms. The van der Waals surface area contributed by atoms with E-state index in [4.69, 9.17) is 10.5 Å². The molecule has 0 aromatic carbocycles. The highest BCUT2D eigenvalue weighted by atomic mass is 16.5. The van der Waals surface area contributed by atoms with Gasteiger partial charge in [0.25, 0.3) is 0 Å². The average Bonchev–Trinajstić information content (AvgIpc) is 2.36. The van der Waals surface area contributed by atoms with Gasteiger partial charge in [0, 0.05) is 6.42 Å². The summed E-state index contributed by atoms with van der Waals surface area (Å²) in [6, 6.07) is 0. The van der Waals surface area contributed by atoms with Gasteiger partial charge in [-0.15, -0.1) is 0 Å². The molecule has 4 heteroatoms. The van der Waals surface area contributed by atoms with Gasteiger partial charge in [-0.3, -0.25) is 4.79 Å². The summed E-state index contributed by atoms with van der Waals surface area (Å²) in [7, 11) is 0. The summed E-state index contributed by atoms with van der Waals surface area (Å²) in [5.41, 5.74) is 4.89. The highest BCUT2D eigenvalue weighted by Crippen LogP contribution is 2.27. The fourth-order valence-electron chi connectivity index (χ4n) is 3.11. The van der Waals surface area contributed by atoms with Crippen LogP contribution in [0, 0.1) is 5.92 Å². The topological polar surface area (TPSA) is 64.3 Å². The van der Waals surface area contributed by atoms with Crippen molar-refractivity contribution < 1.29 is 9.53 Å². The van der Waals surface area contributed by atoms with Gasteiger partial charge in [0.05, 0.1) is 17.7 Å². The third kappa shape index (κ3) is 5.41. The lowest BCUT2D eigenvalue weighted by Crippen LogP contribution is -2.55.